The van der Waals surface area contributed by atoms with Crippen LogP contribution in [0, 0.1) is 17.7 Å². The first kappa shape index (κ1) is 15.5. The summed E-state index contributed by atoms with van der Waals surface area (Å²) in [5.41, 5.74) is 0. The zero-order chi connectivity index (χ0) is 12.3. The topological polar surface area (TPSA) is 21.3 Å². The van der Waals surface area contributed by atoms with Gasteiger partial charge in [-0.25, -0.2) is 4.39 Å². The predicted molar refractivity (Wildman–Crippen MR) is 74.3 cm³/mol. The van der Waals surface area contributed by atoms with E-state index in [9.17, 15) is 4.39 Å². The molecule has 2 rings (SSSR count). The molecule has 1 heterocycles. The fourth-order valence-electron chi connectivity index (χ4n) is 2.11. The molecule has 1 aromatic rings. The number of hydrogen-bond donors (Lipinski definition) is 1. The SMILES string of the molecule is C[C@H]1CNCC[C@H]1COc1ccc(F)cc1Cl.Cl. The smallest absolute Gasteiger partial charge is 0.138 e. The van der Waals surface area contributed by atoms with Crippen LogP contribution in [0.4, 0.5) is 4.39 Å². The van der Waals surface area contributed by atoms with E-state index in [1.807, 2.05) is 0 Å². The third-order valence-corrected chi connectivity index (χ3v) is 3.61. The average Bonchev–Trinajstić information content (AvgIpc) is 2.30. The van der Waals surface area contributed by atoms with E-state index >= 15 is 0 Å². The van der Waals surface area contributed by atoms with E-state index < -0.39 is 0 Å². The fourth-order valence-corrected chi connectivity index (χ4v) is 2.33. The molecule has 1 fully saturated rings. The van der Waals surface area contributed by atoms with Crippen LogP contribution in [0.1, 0.15) is 13.3 Å². The monoisotopic (exact) mass is 293 g/mol. The Morgan fingerprint density at radius 1 is 1.50 bits per heavy atom. The Labute approximate surface area is 118 Å². The van der Waals surface area contributed by atoms with Gasteiger partial charge in [-0.2, -0.15) is 0 Å². The Morgan fingerprint density at radius 3 is 2.94 bits per heavy atom. The molecular weight excluding hydrogens is 276 g/mol. The van der Waals surface area contributed by atoms with Crippen molar-refractivity contribution in [1.29, 1.82) is 0 Å². The number of piperidine rings is 1. The van der Waals surface area contributed by atoms with Gasteiger partial charge in [-0.15, -0.1) is 12.4 Å². The van der Waals surface area contributed by atoms with E-state index in [2.05, 4.69) is 12.2 Å². The Morgan fingerprint density at radius 2 is 2.28 bits per heavy atom. The van der Waals surface area contributed by atoms with Gasteiger partial charge in [-0.1, -0.05) is 18.5 Å². The lowest BCUT2D eigenvalue weighted by atomic mass is 9.89. The van der Waals surface area contributed by atoms with Gasteiger partial charge in [0.1, 0.15) is 11.6 Å². The molecule has 102 valence electrons. The summed E-state index contributed by atoms with van der Waals surface area (Å²) in [7, 11) is 0. The molecule has 1 aromatic carbocycles. The zero-order valence-corrected chi connectivity index (χ0v) is 11.9. The van der Waals surface area contributed by atoms with Crippen LogP contribution in [-0.4, -0.2) is 19.7 Å². The van der Waals surface area contributed by atoms with Crippen molar-refractivity contribution in [2.75, 3.05) is 19.7 Å². The zero-order valence-electron chi connectivity index (χ0n) is 10.3. The lowest BCUT2D eigenvalue weighted by Gasteiger charge is -2.29. The molecule has 2 atom stereocenters. The summed E-state index contributed by atoms with van der Waals surface area (Å²) in [6.07, 6.45) is 1.11. The van der Waals surface area contributed by atoms with Crippen LogP contribution in [0.5, 0.6) is 5.75 Å². The van der Waals surface area contributed by atoms with Crippen LogP contribution in [-0.2, 0) is 0 Å². The van der Waals surface area contributed by atoms with Crippen molar-refractivity contribution >= 4 is 24.0 Å². The molecule has 18 heavy (non-hydrogen) atoms. The van der Waals surface area contributed by atoms with Crippen LogP contribution >= 0.6 is 24.0 Å². The summed E-state index contributed by atoms with van der Waals surface area (Å²) in [5.74, 6) is 1.37. The van der Waals surface area contributed by atoms with E-state index in [4.69, 9.17) is 16.3 Å². The number of halogens is 3. The third kappa shape index (κ3) is 4.01. The quantitative estimate of drug-likeness (QED) is 0.921. The van der Waals surface area contributed by atoms with Crippen molar-refractivity contribution in [3.8, 4) is 5.75 Å². The van der Waals surface area contributed by atoms with Gasteiger partial charge in [0.25, 0.3) is 0 Å². The molecule has 0 bridgehead atoms. The van der Waals surface area contributed by atoms with Crippen molar-refractivity contribution in [2.24, 2.45) is 11.8 Å². The predicted octanol–water partition coefficient (Wildman–Crippen LogP) is 3.53. The molecule has 0 amide bonds. The molecule has 0 aromatic heterocycles. The number of hydrogen-bond acceptors (Lipinski definition) is 2. The molecule has 0 spiro atoms. The molecule has 0 radical (unpaired) electrons. The van der Waals surface area contributed by atoms with Crippen molar-refractivity contribution < 1.29 is 9.13 Å². The first-order chi connectivity index (χ1) is 8.16. The highest BCUT2D eigenvalue weighted by molar-refractivity contribution is 6.32. The highest BCUT2D eigenvalue weighted by atomic mass is 35.5. The van der Waals surface area contributed by atoms with Gasteiger partial charge in [0, 0.05) is 0 Å². The van der Waals surface area contributed by atoms with Gasteiger partial charge in [0.2, 0.25) is 0 Å². The van der Waals surface area contributed by atoms with Crippen LogP contribution in [0.3, 0.4) is 0 Å². The summed E-state index contributed by atoms with van der Waals surface area (Å²) in [6, 6.07) is 4.24. The fraction of sp³-hybridized carbons (Fsp3) is 0.538. The average molecular weight is 294 g/mol. The molecule has 2 nitrogen and oxygen atoms in total. The maximum absolute atomic E-state index is 12.9. The second kappa shape index (κ2) is 7.17. The third-order valence-electron chi connectivity index (χ3n) is 3.31. The summed E-state index contributed by atoms with van der Waals surface area (Å²) < 4.78 is 18.5. The number of rotatable bonds is 3. The lowest BCUT2D eigenvalue weighted by Crippen LogP contribution is -2.37. The molecular formula is C13H18Cl2FNO. The first-order valence-corrected chi connectivity index (χ1v) is 6.33. The number of nitrogens with one attached hydrogen (secondary N) is 1. The van der Waals surface area contributed by atoms with Crippen LogP contribution < -0.4 is 10.1 Å². The Bertz CT molecular complexity index is 389. The summed E-state index contributed by atoms with van der Waals surface area (Å²) in [5, 5.41) is 3.69. The molecule has 0 unspecified atom stereocenters. The maximum Gasteiger partial charge on any atom is 0.138 e. The van der Waals surface area contributed by atoms with E-state index in [1.165, 1.54) is 12.1 Å². The minimum absolute atomic E-state index is 0. The molecule has 1 aliphatic rings. The Kier molecular flexibility index (Phi) is 6.19. The maximum atomic E-state index is 12.9. The van der Waals surface area contributed by atoms with E-state index in [-0.39, 0.29) is 18.2 Å². The first-order valence-electron chi connectivity index (χ1n) is 5.95. The second-order valence-corrected chi connectivity index (χ2v) is 5.02. The summed E-state index contributed by atoms with van der Waals surface area (Å²) in [6.45, 7) is 4.93. The Hall–Kier alpha value is -0.510. The standard InChI is InChI=1S/C13H17ClFNO.ClH/c1-9-7-16-5-4-10(9)8-17-13-3-2-11(15)6-12(13)14;/h2-3,6,9-10,16H,4-5,7-8H2,1H3;1H/t9-,10-;/m0./s1. The van der Waals surface area contributed by atoms with Crippen molar-refractivity contribution in [3.63, 3.8) is 0 Å². The highest BCUT2D eigenvalue weighted by Gasteiger charge is 2.21. The van der Waals surface area contributed by atoms with Gasteiger partial charge >= 0.3 is 0 Å². The van der Waals surface area contributed by atoms with Gasteiger partial charge in [-0.3, -0.25) is 0 Å². The molecule has 1 aliphatic heterocycles. The summed E-state index contributed by atoms with van der Waals surface area (Å²) >= 11 is 5.91. The van der Waals surface area contributed by atoms with Crippen LogP contribution in [0.15, 0.2) is 18.2 Å². The number of ether oxygens (including phenoxy) is 1. The van der Waals surface area contributed by atoms with E-state index in [0.717, 1.165) is 19.5 Å². The van der Waals surface area contributed by atoms with Crippen LogP contribution in [0.2, 0.25) is 5.02 Å². The van der Waals surface area contributed by atoms with Crippen molar-refractivity contribution in [3.05, 3.63) is 29.0 Å². The van der Waals surface area contributed by atoms with Gasteiger partial charge < -0.3 is 10.1 Å². The molecule has 1 N–H and O–H groups in total. The minimum atomic E-state index is -0.336. The highest BCUT2D eigenvalue weighted by Crippen LogP contribution is 2.27. The van der Waals surface area contributed by atoms with Crippen molar-refractivity contribution in [1.82, 2.24) is 5.32 Å². The van der Waals surface area contributed by atoms with Gasteiger partial charge in [0.05, 0.1) is 11.6 Å². The normalized spacial score (nSPS) is 23.3. The molecule has 1 saturated heterocycles. The number of benzene rings is 1. The van der Waals surface area contributed by atoms with E-state index in [0.29, 0.717) is 29.2 Å². The molecule has 0 saturated carbocycles. The second-order valence-electron chi connectivity index (χ2n) is 4.62. The van der Waals surface area contributed by atoms with Gasteiger partial charge in [-0.05, 0) is 49.5 Å². The summed E-state index contributed by atoms with van der Waals surface area (Å²) in [4.78, 5) is 0. The largest absolute Gasteiger partial charge is 0.492 e. The molecule has 5 heteroatoms. The van der Waals surface area contributed by atoms with Crippen molar-refractivity contribution in [2.45, 2.75) is 13.3 Å². The van der Waals surface area contributed by atoms with E-state index in [1.54, 1.807) is 6.07 Å². The van der Waals surface area contributed by atoms with Gasteiger partial charge in [0.15, 0.2) is 0 Å². The van der Waals surface area contributed by atoms with Crippen LogP contribution in [0.25, 0.3) is 0 Å². The lowest BCUT2D eigenvalue weighted by molar-refractivity contribution is 0.169. The molecule has 0 aliphatic carbocycles. The Balaban J connectivity index is 0.00000162. The minimum Gasteiger partial charge on any atom is -0.492 e.